The summed E-state index contributed by atoms with van der Waals surface area (Å²) >= 11 is 0. The van der Waals surface area contributed by atoms with E-state index in [0.717, 1.165) is 24.3 Å². The molecule has 1 N–H and O–H groups in total. The van der Waals surface area contributed by atoms with Gasteiger partial charge < -0.3 is 14.6 Å². The fraction of sp³-hybridized carbons (Fsp3) is 0.500. The van der Waals surface area contributed by atoms with Crippen molar-refractivity contribution in [2.24, 2.45) is 5.92 Å². The van der Waals surface area contributed by atoms with Crippen LogP contribution < -0.4 is 4.74 Å². The molecule has 1 aliphatic heterocycles. The van der Waals surface area contributed by atoms with E-state index in [1.807, 2.05) is 24.3 Å². The first-order valence-corrected chi connectivity index (χ1v) is 5.21. The molecule has 1 saturated heterocycles. The minimum atomic E-state index is -0.418. The Morgan fingerprint density at radius 1 is 1.40 bits per heavy atom. The first-order chi connectivity index (χ1) is 7.31. The molecule has 1 fully saturated rings. The van der Waals surface area contributed by atoms with E-state index in [4.69, 9.17) is 9.47 Å². The summed E-state index contributed by atoms with van der Waals surface area (Å²) in [6.45, 7) is 1.42. The molecule has 1 heterocycles. The van der Waals surface area contributed by atoms with Crippen LogP contribution in [0, 0.1) is 5.92 Å². The van der Waals surface area contributed by atoms with Gasteiger partial charge in [0.1, 0.15) is 5.75 Å². The van der Waals surface area contributed by atoms with Gasteiger partial charge in [-0.3, -0.25) is 0 Å². The average molecular weight is 208 g/mol. The number of aliphatic hydroxyl groups is 1. The molecule has 0 aliphatic carbocycles. The van der Waals surface area contributed by atoms with Crippen molar-refractivity contribution in [3.63, 3.8) is 0 Å². The predicted octanol–water partition coefficient (Wildman–Crippen LogP) is 1.77. The number of benzene rings is 1. The van der Waals surface area contributed by atoms with Gasteiger partial charge in [-0.2, -0.15) is 0 Å². The van der Waals surface area contributed by atoms with Crippen LogP contribution in [0.25, 0.3) is 0 Å². The van der Waals surface area contributed by atoms with Crippen molar-refractivity contribution in [3.8, 4) is 5.75 Å². The number of hydrogen-bond acceptors (Lipinski definition) is 3. The van der Waals surface area contributed by atoms with E-state index in [9.17, 15) is 5.11 Å². The van der Waals surface area contributed by atoms with Crippen LogP contribution >= 0.6 is 0 Å². The Morgan fingerprint density at radius 2 is 2.13 bits per heavy atom. The molecular formula is C12H16O3. The zero-order valence-electron chi connectivity index (χ0n) is 8.85. The monoisotopic (exact) mass is 208 g/mol. The van der Waals surface area contributed by atoms with Crippen molar-refractivity contribution in [2.75, 3.05) is 20.3 Å². The lowest BCUT2D eigenvalue weighted by Crippen LogP contribution is -2.12. The van der Waals surface area contributed by atoms with Gasteiger partial charge in [-0.1, -0.05) is 12.1 Å². The maximum Gasteiger partial charge on any atom is 0.118 e. The van der Waals surface area contributed by atoms with Crippen molar-refractivity contribution in [1.29, 1.82) is 0 Å². The van der Waals surface area contributed by atoms with E-state index >= 15 is 0 Å². The van der Waals surface area contributed by atoms with Crippen LogP contribution in [0.5, 0.6) is 5.75 Å². The molecular weight excluding hydrogens is 192 g/mol. The van der Waals surface area contributed by atoms with Crippen molar-refractivity contribution < 1.29 is 14.6 Å². The van der Waals surface area contributed by atoms with E-state index < -0.39 is 6.10 Å². The number of methoxy groups -OCH3 is 1. The fourth-order valence-electron chi connectivity index (χ4n) is 1.88. The van der Waals surface area contributed by atoms with Crippen molar-refractivity contribution in [2.45, 2.75) is 12.5 Å². The summed E-state index contributed by atoms with van der Waals surface area (Å²) in [7, 11) is 1.64. The van der Waals surface area contributed by atoms with Gasteiger partial charge in [0.15, 0.2) is 0 Å². The van der Waals surface area contributed by atoms with E-state index in [2.05, 4.69) is 0 Å². The molecule has 15 heavy (non-hydrogen) atoms. The number of hydrogen-bond donors (Lipinski definition) is 1. The van der Waals surface area contributed by atoms with Crippen molar-refractivity contribution >= 4 is 0 Å². The molecule has 0 radical (unpaired) electrons. The highest BCUT2D eigenvalue weighted by molar-refractivity contribution is 5.28. The van der Waals surface area contributed by atoms with Gasteiger partial charge in [0.25, 0.3) is 0 Å². The van der Waals surface area contributed by atoms with Gasteiger partial charge in [-0.15, -0.1) is 0 Å². The predicted molar refractivity (Wildman–Crippen MR) is 56.9 cm³/mol. The average Bonchev–Trinajstić information content (AvgIpc) is 2.82. The highest BCUT2D eigenvalue weighted by Gasteiger charge is 2.24. The van der Waals surface area contributed by atoms with Gasteiger partial charge in [0.2, 0.25) is 0 Å². The Bertz CT molecular complexity index is 301. The van der Waals surface area contributed by atoms with Gasteiger partial charge >= 0.3 is 0 Å². The van der Waals surface area contributed by atoms with Gasteiger partial charge in [-0.05, 0) is 24.1 Å². The van der Waals surface area contributed by atoms with Crippen LogP contribution in [0.3, 0.4) is 0 Å². The molecule has 0 saturated carbocycles. The fourth-order valence-corrected chi connectivity index (χ4v) is 1.88. The van der Waals surface area contributed by atoms with Crippen molar-refractivity contribution in [1.82, 2.24) is 0 Å². The molecule has 0 amide bonds. The third kappa shape index (κ3) is 2.30. The molecule has 2 rings (SSSR count). The summed E-state index contributed by atoms with van der Waals surface area (Å²) < 4.78 is 10.3. The van der Waals surface area contributed by atoms with Crippen LogP contribution in [0.2, 0.25) is 0 Å². The molecule has 2 unspecified atom stereocenters. The zero-order chi connectivity index (χ0) is 10.7. The topological polar surface area (TPSA) is 38.7 Å². The third-order valence-electron chi connectivity index (χ3n) is 2.87. The van der Waals surface area contributed by atoms with E-state index in [0.29, 0.717) is 6.61 Å². The van der Waals surface area contributed by atoms with Crippen LogP contribution in [-0.2, 0) is 4.74 Å². The summed E-state index contributed by atoms with van der Waals surface area (Å²) in [6.07, 6.45) is 0.520. The molecule has 1 aliphatic rings. The summed E-state index contributed by atoms with van der Waals surface area (Å²) in [4.78, 5) is 0. The molecule has 2 atom stereocenters. The largest absolute Gasteiger partial charge is 0.497 e. The standard InChI is InChI=1S/C12H16O3/c1-14-11-4-2-9(3-5-11)12(13)10-6-7-15-8-10/h2-5,10,12-13H,6-8H2,1H3. The summed E-state index contributed by atoms with van der Waals surface area (Å²) in [5.41, 5.74) is 0.936. The Kier molecular flexibility index (Phi) is 3.23. The Morgan fingerprint density at radius 3 is 2.67 bits per heavy atom. The summed E-state index contributed by atoms with van der Waals surface area (Å²) in [5.74, 6) is 1.05. The smallest absolute Gasteiger partial charge is 0.118 e. The lowest BCUT2D eigenvalue weighted by Gasteiger charge is -2.16. The van der Waals surface area contributed by atoms with E-state index in [1.165, 1.54) is 0 Å². The molecule has 0 spiro atoms. The minimum absolute atomic E-state index is 0.235. The normalized spacial score (nSPS) is 22.7. The molecule has 1 aromatic rings. The highest BCUT2D eigenvalue weighted by atomic mass is 16.5. The maximum atomic E-state index is 10.1. The van der Waals surface area contributed by atoms with Gasteiger partial charge in [0.05, 0.1) is 19.8 Å². The summed E-state index contributed by atoms with van der Waals surface area (Å²) in [6, 6.07) is 7.55. The van der Waals surface area contributed by atoms with E-state index in [-0.39, 0.29) is 5.92 Å². The van der Waals surface area contributed by atoms with Crippen LogP contribution in [0.4, 0.5) is 0 Å². The van der Waals surface area contributed by atoms with Gasteiger partial charge in [-0.25, -0.2) is 0 Å². The zero-order valence-corrected chi connectivity index (χ0v) is 8.85. The molecule has 0 aromatic heterocycles. The SMILES string of the molecule is COc1ccc(C(O)C2CCOC2)cc1. The Labute approximate surface area is 89.6 Å². The Hall–Kier alpha value is -1.06. The molecule has 0 bridgehead atoms. The maximum absolute atomic E-state index is 10.1. The van der Waals surface area contributed by atoms with Gasteiger partial charge in [0, 0.05) is 12.5 Å². The molecule has 82 valence electrons. The van der Waals surface area contributed by atoms with E-state index in [1.54, 1.807) is 7.11 Å². The second kappa shape index (κ2) is 4.64. The van der Waals surface area contributed by atoms with Crippen LogP contribution in [-0.4, -0.2) is 25.4 Å². The number of rotatable bonds is 3. The molecule has 1 aromatic carbocycles. The quantitative estimate of drug-likeness (QED) is 0.822. The first-order valence-electron chi connectivity index (χ1n) is 5.21. The lowest BCUT2D eigenvalue weighted by atomic mass is 9.95. The highest BCUT2D eigenvalue weighted by Crippen LogP contribution is 2.29. The minimum Gasteiger partial charge on any atom is -0.497 e. The Balaban J connectivity index is 2.07. The second-order valence-electron chi connectivity index (χ2n) is 3.84. The molecule has 3 heteroatoms. The molecule has 3 nitrogen and oxygen atoms in total. The number of ether oxygens (including phenoxy) is 2. The van der Waals surface area contributed by atoms with Crippen LogP contribution in [0.15, 0.2) is 24.3 Å². The summed E-state index contributed by atoms with van der Waals surface area (Å²) in [5, 5.41) is 10.1. The third-order valence-corrected chi connectivity index (χ3v) is 2.87. The van der Waals surface area contributed by atoms with Crippen LogP contribution in [0.1, 0.15) is 18.1 Å². The number of aliphatic hydroxyl groups excluding tert-OH is 1. The van der Waals surface area contributed by atoms with Crippen molar-refractivity contribution in [3.05, 3.63) is 29.8 Å². The first kappa shape index (κ1) is 10.5. The second-order valence-corrected chi connectivity index (χ2v) is 3.84. The lowest BCUT2D eigenvalue weighted by molar-refractivity contribution is 0.0918.